The van der Waals surface area contributed by atoms with Crippen LogP contribution in [0.5, 0.6) is 5.88 Å². The van der Waals surface area contributed by atoms with Crippen LogP contribution in [-0.2, 0) is 6.42 Å². The van der Waals surface area contributed by atoms with Gasteiger partial charge < -0.3 is 15.4 Å². The number of pyridine rings is 2. The summed E-state index contributed by atoms with van der Waals surface area (Å²) in [5.74, 6) is 0.705. The van der Waals surface area contributed by atoms with Crippen LogP contribution in [-0.4, -0.2) is 39.3 Å². The van der Waals surface area contributed by atoms with E-state index in [0.717, 1.165) is 24.8 Å². The number of aromatic nitrogens is 4. The van der Waals surface area contributed by atoms with Gasteiger partial charge in [-0.1, -0.05) is 23.4 Å². The lowest BCUT2D eigenvalue weighted by Gasteiger charge is -2.36. The van der Waals surface area contributed by atoms with Crippen molar-refractivity contribution in [1.82, 2.24) is 19.9 Å². The lowest BCUT2D eigenvalue weighted by molar-refractivity contribution is 0.313. The predicted octanol–water partition coefficient (Wildman–Crippen LogP) is 3.79. The standard InChI is InChI=1S/C19H18ClFN6OS/c1-29-19-24-14-12-17(26-19)27(7-8-28-18(12)25-15(20)13(14)21)10-4-2-3-9-5-6-23-16(22)11(9)10/h5-6,10H,2-4,7-8H2,1H3,(H2,22,23). The molecule has 0 radical (unpaired) electrons. The van der Waals surface area contributed by atoms with Crippen molar-refractivity contribution in [2.75, 3.05) is 30.0 Å². The van der Waals surface area contributed by atoms with Crippen LogP contribution in [0.1, 0.15) is 30.0 Å². The number of aryl methyl sites for hydroxylation is 1. The van der Waals surface area contributed by atoms with Crippen LogP contribution in [0, 0.1) is 5.82 Å². The zero-order chi connectivity index (χ0) is 20.1. The maximum absolute atomic E-state index is 14.8. The smallest absolute Gasteiger partial charge is 0.228 e. The number of nitrogen functional groups attached to an aromatic ring is 1. The molecule has 0 amide bonds. The van der Waals surface area contributed by atoms with Crippen LogP contribution in [0.2, 0.25) is 5.15 Å². The Labute approximate surface area is 175 Å². The summed E-state index contributed by atoms with van der Waals surface area (Å²) in [5, 5.41) is 0.646. The van der Waals surface area contributed by atoms with Gasteiger partial charge >= 0.3 is 0 Å². The summed E-state index contributed by atoms with van der Waals surface area (Å²) in [6.45, 7) is 0.912. The van der Waals surface area contributed by atoms with Crippen molar-refractivity contribution < 1.29 is 9.13 Å². The molecule has 150 valence electrons. The van der Waals surface area contributed by atoms with Crippen molar-refractivity contribution in [3.63, 3.8) is 0 Å². The molecule has 5 rings (SSSR count). The van der Waals surface area contributed by atoms with E-state index in [9.17, 15) is 4.39 Å². The third kappa shape index (κ3) is 2.95. The third-order valence-electron chi connectivity index (χ3n) is 5.44. The van der Waals surface area contributed by atoms with Gasteiger partial charge in [-0.15, -0.1) is 0 Å². The lowest BCUT2D eigenvalue weighted by Crippen LogP contribution is -2.35. The summed E-state index contributed by atoms with van der Waals surface area (Å²) in [4.78, 5) is 19.6. The molecule has 1 atom stereocenters. The summed E-state index contributed by atoms with van der Waals surface area (Å²) in [5.41, 5.74) is 8.60. The molecule has 2 N–H and O–H groups in total. The van der Waals surface area contributed by atoms with Crippen LogP contribution in [0.15, 0.2) is 17.4 Å². The molecule has 10 heteroatoms. The second kappa shape index (κ2) is 7.14. The number of nitrogens with two attached hydrogens (primary N) is 1. The van der Waals surface area contributed by atoms with E-state index in [-0.39, 0.29) is 22.6 Å². The number of fused-ring (bicyclic) bond motifs is 1. The molecule has 0 spiro atoms. The SMILES string of the molecule is CSc1nc2c3c(nc(Cl)c(F)c3n1)OCCN2C1CCCc2ccnc(N)c21. The first kappa shape index (κ1) is 18.6. The van der Waals surface area contributed by atoms with Gasteiger partial charge in [0.2, 0.25) is 5.88 Å². The van der Waals surface area contributed by atoms with Gasteiger partial charge in [0, 0.05) is 11.8 Å². The van der Waals surface area contributed by atoms with E-state index >= 15 is 0 Å². The molecular weight excluding hydrogens is 415 g/mol. The molecule has 0 fully saturated rings. The van der Waals surface area contributed by atoms with Crippen LogP contribution in [0.25, 0.3) is 10.9 Å². The number of ether oxygens (including phenoxy) is 1. The number of rotatable bonds is 2. The first-order chi connectivity index (χ1) is 14.1. The summed E-state index contributed by atoms with van der Waals surface area (Å²) in [7, 11) is 0. The van der Waals surface area contributed by atoms with Crippen molar-refractivity contribution in [3.8, 4) is 5.88 Å². The molecule has 1 aliphatic carbocycles. The fourth-order valence-electron chi connectivity index (χ4n) is 4.21. The average molecular weight is 433 g/mol. The number of halogens is 2. The van der Waals surface area contributed by atoms with Crippen molar-refractivity contribution in [1.29, 1.82) is 0 Å². The monoisotopic (exact) mass is 432 g/mol. The Morgan fingerprint density at radius 2 is 2.21 bits per heavy atom. The van der Waals surface area contributed by atoms with Crippen LogP contribution in [0.4, 0.5) is 16.0 Å². The predicted molar refractivity (Wildman–Crippen MR) is 111 cm³/mol. The summed E-state index contributed by atoms with van der Waals surface area (Å²) in [6.07, 6.45) is 6.46. The molecule has 4 heterocycles. The van der Waals surface area contributed by atoms with Crippen molar-refractivity contribution >= 4 is 45.9 Å². The summed E-state index contributed by atoms with van der Waals surface area (Å²) in [6, 6.07) is 1.98. The van der Waals surface area contributed by atoms with Gasteiger partial charge in [0.15, 0.2) is 16.1 Å². The topological polar surface area (TPSA) is 90.0 Å². The number of anilines is 2. The van der Waals surface area contributed by atoms with Gasteiger partial charge in [0.25, 0.3) is 0 Å². The Kier molecular flexibility index (Phi) is 4.59. The molecule has 3 aromatic heterocycles. The highest BCUT2D eigenvalue weighted by Gasteiger charge is 2.34. The quantitative estimate of drug-likeness (QED) is 0.371. The Bertz CT molecular complexity index is 1130. The molecule has 3 aromatic rings. The molecule has 0 saturated carbocycles. The van der Waals surface area contributed by atoms with Crippen molar-refractivity contribution in [2.24, 2.45) is 0 Å². The van der Waals surface area contributed by atoms with E-state index < -0.39 is 5.82 Å². The van der Waals surface area contributed by atoms with Crippen molar-refractivity contribution in [3.05, 3.63) is 34.4 Å². The molecule has 0 aromatic carbocycles. The molecule has 29 heavy (non-hydrogen) atoms. The maximum Gasteiger partial charge on any atom is 0.228 e. The normalized spacial score (nSPS) is 18.3. The molecule has 1 unspecified atom stereocenters. The average Bonchev–Trinajstić information content (AvgIpc) is 2.91. The van der Waals surface area contributed by atoms with Crippen LogP contribution < -0.4 is 15.4 Å². The fourth-order valence-corrected chi connectivity index (χ4v) is 4.73. The molecule has 0 bridgehead atoms. The minimum absolute atomic E-state index is 0.0338. The number of thioether (sulfide) groups is 1. The van der Waals surface area contributed by atoms with E-state index in [2.05, 4.69) is 19.9 Å². The first-order valence-electron chi connectivity index (χ1n) is 9.32. The van der Waals surface area contributed by atoms with Crippen molar-refractivity contribution in [2.45, 2.75) is 30.5 Å². The summed E-state index contributed by atoms with van der Waals surface area (Å²) < 4.78 is 20.7. The molecular formula is C19H18ClFN6OS. The van der Waals surface area contributed by atoms with Gasteiger partial charge in [-0.05, 0) is 37.1 Å². The zero-order valence-corrected chi connectivity index (χ0v) is 17.2. The van der Waals surface area contributed by atoms with Crippen LogP contribution >= 0.6 is 23.4 Å². The Morgan fingerprint density at radius 1 is 1.34 bits per heavy atom. The second-order valence-corrected chi connectivity index (χ2v) is 8.13. The van der Waals surface area contributed by atoms with E-state index in [4.69, 9.17) is 27.1 Å². The highest BCUT2D eigenvalue weighted by molar-refractivity contribution is 7.98. The minimum Gasteiger partial charge on any atom is -0.475 e. The van der Waals surface area contributed by atoms with Crippen LogP contribution in [0.3, 0.4) is 0 Å². The fraction of sp³-hybridized carbons (Fsp3) is 0.368. The molecule has 0 saturated heterocycles. The molecule has 7 nitrogen and oxygen atoms in total. The molecule has 1 aliphatic heterocycles. The van der Waals surface area contributed by atoms with Gasteiger partial charge in [-0.3, -0.25) is 0 Å². The Balaban J connectivity index is 1.77. The summed E-state index contributed by atoms with van der Waals surface area (Å²) >= 11 is 7.34. The highest BCUT2D eigenvalue weighted by atomic mass is 35.5. The first-order valence-corrected chi connectivity index (χ1v) is 10.9. The zero-order valence-electron chi connectivity index (χ0n) is 15.7. The van der Waals surface area contributed by atoms with E-state index in [1.165, 1.54) is 17.3 Å². The Hall–Kier alpha value is -2.39. The van der Waals surface area contributed by atoms with Gasteiger partial charge in [-0.25, -0.2) is 19.3 Å². The largest absolute Gasteiger partial charge is 0.475 e. The highest BCUT2D eigenvalue weighted by Crippen LogP contribution is 2.44. The number of hydrogen-bond acceptors (Lipinski definition) is 8. The maximum atomic E-state index is 14.8. The van der Waals surface area contributed by atoms with Gasteiger partial charge in [-0.2, -0.15) is 4.98 Å². The lowest BCUT2D eigenvalue weighted by atomic mass is 9.87. The van der Waals surface area contributed by atoms with Gasteiger partial charge in [0.05, 0.1) is 12.6 Å². The number of hydrogen-bond donors (Lipinski definition) is 1. The Morgan fingerprint density at radius 3 is 3.03 bits per heavy atom. The third-order valence-corrected chi connectivity index (χ3v) is 6.24. The van der Waals surface area contributed by atoms with E-state index in [1.54, 1.807) is 6.20 Å². The number of nitrogens with zero attached hydrogens (tertiary/aromatic N) is 5. The minimum atomic E-state index is -0.667. The second-order valence-electron chi connectivity index (χ2n) is 7.00. The van der Waals surface area contributed by atoms with Gasteiger partial charge in [0.1, 0.15) is 29.1 Å². The van der Waals surface area contributed by atoms with E-state index in [0.29, 0.717) is 35.3 Å². The molecule has 2 aliphatic rings. The van der Waals surface area contributed by atoms with E-state index in [1.807, 2.05) is 12.3 Å².